The Balaban J connectivity index is 2.23. The van der Waals surface area contributed by atoms with E-state index in [0.29, 0.717) is 12.2 Å². The van der Waals surface area contributed by atoms with E-state index in [4.69, 9.17) is 4.74 Å². The van der Waals surface area contributed by atoms with E-state index in [1.54, 1.807) is 0 Å². The zero-order chi connectivity index (χ0) is 19.4. The Bertz CT molecular complexity index is 927. The molecule has 4 heteroatoms. The summed E-state index contributed by atoms with van der Waals surface area (Å²) < 4.78 is 7.96. The predicted molar refractivity (Wildman–Crippen MR) is 110 cm³/mol. The number of nitrogens with zero attached hydrogens (tertiary/aromatic N) is 1. The van der Waals surface area contributed by atoms with Gasteiger partial charge in [-0.2, -0.15) is 0 Å². The quantitative estimate of drug-likeness (QED) is 0.671. The normalized spacial score (nSPS) is 10.9. The number of hydrogen-bond donors (Lipinski definition) is 1. The molecule has 27 heavy (non-hydrogen) atoms. The number of nitrogens with one attached hydrogen (secondary N) is 1. The molecule has 0 atom stereocenters. The molecule has 0 aliphatic carbocycles. The number of carbonyl (C=O) groups is 1. The molecular weight excluding hydrogens is 336 g/mol. The van der Waals surface area contributed by atoms with Crippen LogP contribution >= 0.6 is 0 Å². The van der Waals surface area contributed by atoms with E-state index in [0.717, 1.165) is 28.4 Å². The molecular formula is C23H26N2O2. The molecule has 1 heterocycles. The smallest absolute Gasteiger partial charge is 0.253 e. The van der Waals surface area contributed by atoms with Crippen molar-refractivity contribution in [3.05, 3.63) is 71.9 Å². The van der Waals surface area contributed by atoms with Gasteiger partial charge < -0.3 is 14.6 Å². The van der Waals surface area contributed by atoms with Crippen molar-refractivity contribution in [3.63, 3.8) is 0 Å². The Morgan fingerprint density at radius 3 is 2.41 bits per heavy atom. The molecule has 1 amide bonds. The predicted octanol–water partition coefficient (Wildman–Crippen LogP) is 4.99. The molecule has 0 fully saturated rings. The van der Waals surface area contributed by atoms with E-state index in [1.807, 2.05) is 76.2 Å². The standard InChI is InChI=1S/C23H26N2O2/c1-5-27-22-14-10-9-13-20(22)25-17(4)19(23(26)24-16(2)3)15-21(25)18-11-7-6-8-12-18/h6-16H,5H2,1-4H3,(H,24,26). The average Bonchev–Trinajstić information content (AvgIpc) is 3.00. The number of ether oxygens (including phenoxy) is 1. The molecule has 1 aromatic heterocycles. The third-order valence-corrected chi connectivity index (χ3v) is 4.39. The molecule has 0 saturated heterocycles. The van der Waals surface area contributed by atoms with Crippen LogP contribution in [0.15, 0.2) is 60.7 Å². The number of hydrogen-bond acceptors (Lipinski definition) is 2. The summed E-state index contributed by atoms with van der Waals surface area (Å²) in [7, 11) is 0. The molecule has 0 spiro atoms. The highest BCUT2D eigenvalue weighted by Crippen LogP contribution is 2.33. The van der Waals surface area contributed by atoms with E-state index in [1.165, 1.54) is 0 Å². The van der Waals surface area contributed by atoms with Crippen molar-refractivity contribution in [1.29, 1.82) is 0 Å². The Morgan fingerprint density at radius 2 is 1.74 bits per heavy atom. The van der Waals surface area contributed by atoms with Crippen molar-refractivity contribution in [1.82, 2.24) is 9.88 Å². The van der Waals surface area contributed by atoms with Crippen molar-refractivity contribution in [2.24, 2.45) is 0 Å². The monoisotopic (exact) mass is 362 g/mol. The SMILES string of the molecule is CCOc1ccccc1-n1c(-c2ccccc2)cc(C(=O)NC(C)C)c1C. The van der Waals surface area contributed by atoms with E-state index < -0.39 is 0 Å². The molecule has 140 valence electrons. The van der Waals surface area contributed by atoms with Crippen LogP contribution in [0.25, 0.3) is 16.9 Å². The van der Waals surface area contributed by atoms with Crippen LogP contribution in [0, 0.1) is 6.92 Å². The van der Waals surface area contributed by atoms with E-state index in [2.05, 4.69) is 22.0 Å². The molecule has 0 radical (unpaired) electrons. The summed E-state index contributed by atoms with van der Waals surface area (Å²) in [4.78, 5) is 12.8. The van der Waals surface area contributed by atoms with Gasteiger partial charge in [0.15, 0.2) is 0 Å². The molecule has 0 aliphatic rings. The minimum atomic E-state index is -0.0627. The van der Waals surface area contributed by atoms with E-state index in [-0.39, 0.29) is 11.9 Å². The second kappa shape index (κ2) is 8.12. The van der Waals surface area contributed by atoms with Gasteiger partial charge in [0.1, 0.15) is 5.75 Å². The minimum absolute atomic E-state index is 0.0627. The minimum Gasteiger partial charge on any atom is -0.492 e. The fourth-order valence-electron chi connectivity index (χ4n) is 3.23. The van der Waals surface area contributed by atoms with Crippen LogP contribution in [0.1, 0.15) is 36.8 Å². The fraction of sp³-hybridized carbons (Fsp3) is 0.261. The van der Waals surface area contributed by atoms with Crippen LogP contribution in [0.5, 0.6) is 5.75 Å². The first-order chi connectivity index (χ1) is 13.0. The number of aromatic nitrogens is 1. The molecule has 2 aromatic carbocycles. The average molecular weight is 362 g/mol. The highest BCUT2D eigenvalue weighted by atomic mass is 16.5. The van der Waals surface area contributed by atoms with Crippen molar-refractivity contribution >= 4 is 5.91 Å². The van der Waals surface area contributed by atoms with Crippen molar-refractivity contribution in [2.45, 2.75) is 33.7 Å². The molecule has 1 N–H and O–H groups in total. The Hall–Kier alpha value is -3.01. The summed E-state index contributed by atoms with van der Waals surface area (Å²) >= 11 is 0. The summed E-state index contributed by atoms with van der Waals surface area (Å²) in [6.07, 6.45) is 0. The summed E-state index contributed by atoms with van der Waals surface area (Å²) in [6.45, 7) is 8.46. The second-order valence-electron chi connectivity index (χ2n) is 6.76. The van der Waals surface area contributed by atoms with E-state index >= 15 is 0 Å². The molecule has 0 unspecified atom stereocenters. The Kier molecular flexibility index (Phi) is 5.65. The van der Waals surface area contributed by atoms with Crippen LogP contribution in [-0.4, -0.2) is 23.1 Å². The Morgan fingerprint density at radius 1 is 1.07 bits per heavy atom. The molecule has 0 aliphatic heterocycles. The second-order valence-corrected chi connectivity index (χ2v) is 6.76. The zero-order valence-electron chi connectivity index (χ0n) is 16.3. The van der Waals surface area contributed by atoms with Gasteiger partial charge in [0.2, 0.25) is 0 Å². The maximum Gasteiger partial charge on any atom is 0.253 e. The lowest BCUT2D eigenvalue weighted by atomic mass is 10.1. The van der Waals surface area contributed by atoms with Crippen molar-refractivity contribution in [2.75, 3.05) is 6.61 Å². The van der Waals surface area contributed by atoms with Crippen LogP contribution in [0.3, 0.4) is 0 Å². The van der Waals surface area contributed by atoms with Crippen LogP contribution in [0.4, 0.5) is 0 Å². The number of benzene rings is 2. The maximum atomic E-state index is 12.8. The lowest BCUT2D eigenvalue weighted by Crippen LogP contribution is -2.30. The highest BCUT2D eigenvalue weighted by Gasteiger charge is 2.21. The van der Waals surface area contributed by atoms with Gasteiger partial charge in [-0.25, -0.2) is 0 Å². The number of rotatable bonds is 6. The third-order valence-electron chi connectivity index (χ3n) is 4.39. The Labute approximate surface area is 160 Å². The lowest BCUT2D eigenvalue weighted by Gasteiger charge is -2.16. The van der Waals surface area contributed by atoms with E-state index in [9.17, 15) is 4.79 Å². The summed E-state index contributed by atoms with van der Waals surface area (Å²) in [5.41, 5.74) is 4.51. The van der Waals surface area contributed by atoms with Crippen molar-refractivity contribution < 1.29 is 9.53 Å². The van der Waals surface area contributed by atoms with Gasteiger partial charge in [0.25, 0.3) is 5.91 Å². The summed E-state index contributed by atoms with van der Waals surface area (Å²) in [5.74, 6) is 0.735. The largest absolute Gasteiger partial charge is 0.492 e. The van der Waals surface area contributed by atoms with Gasteiger partial charge in [0.05, 0.1) is 23.6 Å². The maximum absolute atomic E-state index is 12.8. The van der Waals surface area contributed by atoms with Gasteiger partial charge in [-0.05, 0) is 51.5 Å². The molecule has 3 rings (SSSR count). The zero-order valence-corrected chi connectivity index (χ0v) is 16.3. The number of carbonyl (C=O) groups excluding carboxylic acids is 1. The molecule has 0 bridgehead atoms. The van der Waals surface area contributed by atoms with Gasteiger partial charge in [-0.1, -0.05) is 42.5 Å². The van der Waals surface area contributed by atoms with Crippen LogP contribution in [0.2, 0.25) is 0 Å². The van der Waals surface area contributed by atoms with Gasteiger partial charge in [-0.15, -0.1) is 0 Å². The van der Waals surface area contributed by atoms with Gasteiger partial charge in [0, 0.05) is 11.7 Å². The first-order valence-electron chi connectivity index (χ1n) is 9.33. The first-order valence-corrected chi connectivity index (χ1v) is 9.33. The first kappa shape index (κ1) is 18.8. The van der Waals surface area contributed by atoms with Gasteiger partial charge >= 0.3 is 0 Å². The summed E-state index contributed by atoms with van der Waals surface area (Å²) in [5, 5.41) is 3.00. The molecule has 4 nitrogen and oxygen atoms in total. The number of amides is 1. The highest BCUT2D eigenvalue weighted by molar-refractivity contribution is 5.97. The van der Waals surface area contributed by atoms with Gasteiger partial charge in [-0.3, -0.25) is 4.79 Å². The fourth-order valence-corrected chi connectivity index (χ4v) is 3.23. The topological polar surface area (TPSA) is 43.3 Å². The van der Waals surface area contributed by atoms with Crippen LogP contribution in [-0.2, 0) is 0 Å². The van der Waals surface area contributed by atoms with Crippen molar-refractivity contribution in [3.8, 4) is 22.7 Å². The lowest BCUT2D eigenvalue weighted by molar-refractivity contribution is 0.0942. The summed E-state index contributed by atoms with van der Waals surface area (Å²) in [6, 6.07) is 20.1. The van der Waals surface area contributed by atoms with Crippen LogP contribution < -0.4 is 10.1 Å². The third kappa shape index (κ3) is 3.90. The number of para-hydroxylation sites is 2. The molecule has 3 aromatic rings. The molecule has 0 saturated carbocycles.